The monoisotopic (exact) mass is 274 g/mol. The van der Waals surface area contributed by atoms with Crippen molar-refractivity contribution in [2.24, 2.45) is 0 Å². The lowest BCUT2D eigenvalue weighted by atomic mass is 10.2. The second kappa shape index (κ2) is 6.06. The van der Waals surface area contributed by atoms with Crippen LogP contribution in [0.1, 0.15) is 21.7 Å². The zero-order valence-corrected chi connectivity index (χ0v) is 11.2. The molecule has 0 aliphatic rings. The Labute approximate surface area is 115 Å². The molecular formula is C15H14O5. The Morgan fingerprint density at radius 3 is 2.60 bits per heavy atom. The molecule has 0 saturated carbocycles. The molecule has 0 atom stereocenters. The average Bonchev–Trinajstić information content (AvgIpc) is 2.49. The second-order valence-corrected chi connectivity index (χ2v) is 4.17. The lowest BCUT2D eigenvalue weighted by molar-refractivity contribution is 0.0553. The maximum Gasteiger partial charge on any atom is 0.378 e. The third-order valence-electron chi connectivity index (χ3n) is 2.72. The molecule has 2 aromatic rings. The largest absolute Gasteiger partial charge is 0.481 e. The molecule has 0 aliphatic heterocycles. The molecule has 0 radical (unpaired) electrons. The van der Waals surface area contributed by atoms with Crippen molar-refractivity contribution in [1.29, 1.82) is 0 Å². The number of esters is 1. The zero-order chi connectivity index (χ0) is 14.5. The van der Waals surface area contributed by atoms with Crippen LogP contribution < -0.4 is 10.2 Å². The Morgan fingerprint density at radius 1 is 1.25 bits per heavy atom. The predicted octanol–water partition coefficient (Wildman–Crippen LogP) is 2.31. The Bertz CT molecular complexity index is 658. The summed E-state index contributed by atoms with van der Waals surface area (Å²) in [7, 11) is 1.21. The standard InChI is InChI=1S/C15H14O5/c1-10-8-19-14(15(17)18-2)13(12(10)16)20-9-11-6-4-3-5-7-11/h3-8H,9H2,1-2H3. The molecule has 0 aliphatic carbocycles. The van der Waals surface area contributed by atoms with Crippen LogP contribution in [-0.2, 0) is 11.3 Å². The van der Waals surface area contributed by atoms with Gasteiger partial charge in [-0.05, 0) is 12.5 Å². The molecule has 0 saturated heterocycles. The van der Waals surface area contributed by atoms with E-state index in [-0.39, 0.29) is 23.5 Å². The van der Waals surface area contributed by atoms with Crippen molar-refractivity contribution in [2.75, 3.05) is 7.11 Å². The van der Waals surface area contributed by atoms with Crippen LogP contribution in [-0.4, -0.2) is 13.1 Å². The van der Waals surface area contributed by atoms with E-state index in [0.717, 1.165) is 5.56 Å². The molecule has 104 valence electrons. The van der Waals surface area contributed by atoms with Gasteiger partial charge < -0.3 is 13.9 Å². The Kier molecular flexibility index (Phi) is 4.20. The number of rotatable bonds is 4. The van der Waals surface area contributed by atoms with Gasteiger partial charge in [0.05, 0.1) is 13.4 Å². The summed E-state index contributed by atoms with van der Waals surface area (Å²) in [4.78, 5) is 23.6. The highest BCUT2D eigenvalue weighted by molar-refractivity contribution is 5.89. The van der Waals surface area contributed by atoms with Crippen LogP contribution in [0.2, 0.25) is 0 Å². The summed E-state index contributed by atoms with van der Waals surface area (Å²) in [6.45, 7) is 1.75. The highest BCUT2D eigenvalue weighted by Crippen LogP contribution is 2.17. The van der Waals surface area contributed by atoms with Gasteiger partial charge in [0.25, 0.3) is 5.76 Å². The molecular weight excluding hydrogens is 260 g/mol. The van der Waals surface area contributed by atoms with E-state index in [0.29, 0.717) is 5.56 Å². The van der Waals surface area contributed by atoms with Crippen LogP contribution in [0.15, 0.2) is 45.8 Å². The topological polar surface area (TPSA) is 65.7 Å². The van der Waals surface area contributed by atoms with Crippen molar-refractivity contribution in [2.45, 2.75) is 13.5 Å². The van der Waals surface area contributed by atoms with E-state index in [1.165, 1.54) is 13.4 Å². The summed E-state index contributed by atoms with van der Waals surface area (Å²) < 4.78 is 15.1. The maximum atomic E-state index is 12.0. The molecule has 5 nitrogen and oxygen atoms in total. The van der Waals surface area contributed by atoms with Crippen molar-refractivity contribution in [3.05, 3.63) is 63.7 Å². The molecule has 1 aromatic carbocycles. The van der Waals surface area contributed by atoms with Crippen LogP contribution in [0.5, 0.6) is 5.75 Å². The fourth-order valence-electron chi connectivity index (χ4n) is 1.63. The minimum Gasteiger partial charge on any atom is -0.481 e. The first-order valence-corrected chi connectivity index (χ1v) is 6.01. The van der Waals surface area contributed by atoms with Crippen LogP contribution in [0, 0.1) is 6.92 Å². The summed E-state index contributed by atoms with van der Waals surface area (Å²) in [6.07, 6.45) is 1.21. The summed E-state index contributed by atoms with van der Waals surface area (Å²) in [5.74, 6) is -1.09. The van der Waals surface area contributed by atoms with E-state index in [2.05, 4.69) is 4.74 Å². The highest BCUT2D eigenvalue weighted by Gasteiger charge is 2.21. The highest BCUT2D eigenvalue weighted by atomic mass is 16.5. The van der Waals surface area contributed by atoms with Gasteiger partial charge in [-0.1, -0.05) is 30.3 Å². The summed E-state index contributed by atoms with van der Waals surface area (Å²) in [5.41, 5.74) is 0.859. The number of aryl methyl sites for hydroxylation is 1. The molecule has 1 aromatic heterocycles. The number of carbonyl (C=O) groups is 1. The first kappa shape index (κ1) is 13.9. The van der Waals surface area contributed by atoms with Crippen LogP contribution in [0.25, 0.3) is 0 Å². The first-order chi connectivity index (χ1) is 9.63. The smallest absolute Gasteiger partial charge is 0.378 e. The minimum atomic E-state index is -0.745. The van der Waals surface area contributed by atoms with Crippen molar-refractivity contribution < 1.29 is 18.7 Å². The molecule has 0 N–H and O–H groups in total. The number of benzene rings is 1. The quantitative estimate of drug-likeness (QED) is 0.800. The average molecular weight is 274 g/mol. The number of carbonyl (C=O) groups excluding carboxylic acids is 1. The van der Waals surface area contributed by atoms with Crippen molar-refractivity contribution >= 4 is 5.97 Å². The van der Waals surface area contributed by atoms with E-state index < -0.39 is 5.97 Å². The lowest BCUT2D eigenvalue weighted by Gasteiger charge is -2.09. The van der Waals surface area contributed by atoms with E-state index >= 15 is 0 Å². The zero-order valence-electron chi connectivity index (χ0n) is 11.2. The Hall–Kier alpha value is -2.56. The first-order valence-electron chi connectivity index (χ1n) is 6.01. The summed E-state index contributed by atoms with van der Waals surface area (Å²) >= 11 is 0. The van der Waals surface area contributed by atoms with E-state index in [9.17, 15) is 9.59 Å². The van der Waals surface area contributed by atoms with Gasteiger partial charge in [-0.2, -0.15) is 0 Å². The summed E-state index contributed by atoms with van der Waals surface area (Å²) in [6, 6.07) is 9.31. The Morgan fingerprint density at radius 2 is 1.95 bits per heavy atom. The van der Waals surface area contributed by atoms with Crippen molar-refractivity contribution in [3.63, 3.8) is 0 Å². The molecule has 2 rings (SSSR count). The molecule has 1 heterocycles. The van der Waals surface area contributed by atoms with Gasteiger partial charge >= 0.3 is 5.97 Å². The normalized spacial score (nSPS) is 10.1. The molecule has 0 fully saturated rings. The van der Waals surface area contributed by atoms with Gasteiger partial charge in [0, 0.05) is 5.56 Å². The van der Waals surface area contributed by atoms with Gasteiger partial charge in [0.15, 0.2) is 0 Å². The number of methoxy groups -OCH3 is 1. The van der Waals surface area contributed by atoms with E-state index in [1.54, 1.807) is 6.92 Å². The SMILES string of the molecule is COC(=O)c1occ(C)c(=O)c1OCc1ccccc1. The van der Waals surface area contributed by atoms with Crippen LogP contribution in [0.3, 0.4) is 0 Å². The van der Waals surface area contributed by atoms with Crippen molar-refractivity contribution in [1.82, 2.24) is 0 Å². The maximum absolute atomic E-state index is 12.0. The third kappa shape index (κ3) is 2.88. The van der Waals surface area contributed by atoms with Crippen LogP contribution in [0.4, 0.5) is 0 Å². The number of ether oxygens (including phenoxy) is 2. The number of hydrogen-bond acceptors (Lipinski definition) is 5. The molecule has 0 unspecified atom stereocenters. The van der Waals surface area contributed by atoms with E-state index in [4.69, 9.17) is 9.15 Å². The third-order valence-corrected chi connectivity index (χ3v) is 2.72. The van der Waals surface area contributed by atoms with Gasteiger partial charge in [-0.25, -0.2) is 4.79 Å². The molecule has 0 amide bonds. The van der Waals surface area contributed by atoms with Crippen molar-refractivity contribution in [3.8, 4) is 5.75 Å². The van der Waals surface area contributed by atoms with Gasteiger partial charge in [0.1, 0.15) is 6.61 Å². The number of hydrogen-bond donors (Lipinski definition) is 0. The molecule has 0 spiro atoms. The minimum absolute atomic E-state index is 0.124. The van der Waals surface area contributed by atoms with Gasteiger partial charge in [-0.15, -0.1) is 0 Å². The summed E-state index contributed by atoms with van der Waals surface area (Å²) in [5, 5.41) is 0. The van der Waals surface area contributed by atoms with Crippen LogP contribution >= 0.6 is 0 Å². The molecule has 5 heteroatoms. The molecule has 0 bridgehead atoms. The lowest BCUT2D eigenvalue weighted by Crippen LogP contribution is -2.16. The van der Waals surface area contributed by atoms with E-state index in [1.807, 2.05) is 30.3 Å². The Balaban J connectivity index is 2.32. The fourth-order valence-corrected chi connectivity index (χ4v) is 1.63. The van der Waals surface area contributed by atoms with Gasteiger partial charge in [-0.3, -0.25) is 4.79 Å². The predicted molar refractivity (Wildman–Crippen MR) is 71.8 cm³/mol. The fraction of sp³-hybridized carbons (Fsp3) is 0.200. The molecule has 20 heavy (non-hydrogen) atoms. The second-order valence-electron chi connectivity index (χ2n) is 4.17. The van der Waals surface area contributed by atoms with Gasteiger partial charge in [0.2, 0.25) is 11.2 Å².